The van der Waals surface area contributed by atoms with Crippen molar-refractivity contribution in [2.45, 2.75) is 44.4 Å². The van der Waals surface area contributed by atoms with Gasteiger partial charge < -0.3 is 15.8 Å². The summed E-state index contributed by atoms with van der Waals surface area (Å²) in [5, 5.41) is 2.86. The predicted octanol–water partition coefficient (Wildman–Crippen LogP) is 2.59. The Labute approximate surface area is 155 Å². The summed E-state index contributed by atoms with van der Waals surface area (Å²) in [7, 11) is 0. The number of likely N-dealkylation sites (tertiary alicyclic amines) is 1. The molecule has 0 aliphatic carbocycles. The second kappa shape index (κ2) is 9.89. The maximum Gasteiger partial charge on any atom is 0.422 e. The van der Waals surface area contributed by atoms with E-state index in [-0.39, 0.29) is 18.4 Å². The Morgan fingerprint density at radius 1 is 1.33 bits per heavy atom. The zero-order valence-electron chi connectivity index (χ0n) is 15.0. The Balaban J connectivity index is 1.94. The number of amides is 1. The van der Waals surface area contributed by atoms with Crippen molar-refractivity contribution in [2.75, 3.05) is 26.2 Å². The molecule has 2 rings (SSSR count). The third-order valence-electron chi connectivity index (χ3n) is 4.43. The molecule has 1 saturated heterocycles. The van der Waals surface area contributed by atoms with Crippen LogP contribution in [0.15, 0.2) is 18.2 Å². The number of nitrogens with two attached hydrogens (primary N) is 1. The van der Waals surface area contributed by atoms with E-state index >= 15 is 0 Å². The Kier molecular flexibility index (Phi) is 7.85. The average Bonchev–Trinajstić information content (AvgIpc) is 2.60. The summed E-state index contributed by atoms with van der Waals surface area (Å²) >= 11 is 0. The van der Waals surface area contributed by atoms with E-state index in [4.69, 9.17) is 5.73 Å². The Morgan fingerprint density at radius 3 is 2.78 bits per heavy atom. The quantitative estimate of drug-likeness (QED) is 0.669. The summed E-state index contributed by atoms with van der Waals surface area (Å²) in [6.07, 6.45) is -1.27. The molecule has 0 spiro atoms. The molecule has 1 unspecified atom stereocenters. The van der Waals surface area contributed by atoms with Crippen LogP contribution in [-0.4, -0.2) is 49.3 Å². The van der Waals surface area contributed by atoms with E-state index in [9.17, 15) is 22.4 Å². The zero-order chi connectivity index (χ0) is 19.9. The number of alkyl halides is 3. The second-order valence-electron chi connectivity index (χ2n) is 6.63. The van der Waals surface area contributed by atoms with E-state index in [0.29, 0.717) is 25.2 Å². The summed E-state index contributed by atoms with van der Waals surface area (Å²) in [4.78, 5) is 13.8. The zero-order valence-corrected chi connectivity index (χ0v) is 15.0. The molecule has 0 radical (unpaired) electrons. The molecule has 0 bridgehead atoms. The van der Waals surface area contributed by atoms with Crippen molar-refractivity contribution in [1.29, 1.82) is 0 Å². The van der Waals surface area contributed by atoms with Crippen LogP contribution < -0.4 is 15.8 Å². The normalized spacial score (nSPS) is 18.3. The van der Waals surface area contributed by atoms with Crippen molar-refractivity contribution in [3.05, 3.63) is 29.6 Å². The van der Waals surface area contributed by atoms with Crippen molar-refractivity contribution in [3.8, 4) is 5.75 Å². The highest BCUT2D eigenvalue weighted by molar-refractivity contribution is 5.76. The summed E-state index contributed by atoms with van der Waals surface area (Å²) in [5.74, 6) is -1.33. The van der Waals surface area contributed by atoms with Gasteiger partial charge in [-0.3, -0.25) is 9.69 Å². The van der Waals surface area contributed by atoms with Crippen LogP contribution in [0.2, 0.25) is 0 Å². The van der Waals surface area contributed by atoms with Gasteiger partial charge in [0.1, 0.15) is 0 Å². The number of benzene rings is 1. The Bertz CT molecular complexity index is 625. The maximum atomic E-state index is 14.0. The SMILES string of the molecule is NCCC(=O)NCC1CCCCN1Cc1ccc(OCC(F)(F)F)c(F)c1. The van der Waals surface area contributed by atoms with Crippen molar-refractivity contribution in [3.63, 3.8) is 0 Å². The standard InChI is InChI=1S/C18H25F4N3O2/c19-15-9-13(4-5-16(15)27-12-18(20,21)22)11-25-8-2-1-3-14(25)10-24-17(26)6-7-23/h4-5,9,14H,1-3,6-8,10-12,23H2,(H,24,26). The first-order chi connectivity index (χ1) is 12.8. The van der Waals surface area contributed by atoms with Crippen LogP contribution in [0.1, 0.15) is 31.2 Å². The van der Waals surface area contributed by atoms with E-state index in [1.54, 1.807) is 6.07 Å². The smallest absolute Gasteiger partial charge is 0.422 e. The van der Waals surface area contributed by atoms with Gasteiger partial charge in [-0.25, -0.2) is 4.39 Å². The van der Waals surface area contributed by atoms with E-state index in [2.05, 4.69) is 15.0 Å². The molecule has 0 aromatic heterocycles. The third kappa shape index (κ3) is 7.34. The summed E-state index contributed by atoms with van der Waals surface area (Å²) < 4.78 is 55.1. The number of piperidine rings is 1. The first-order valence-electron chi connectivity index (χ1n) is 8.97. The van der Waals surface area contributed by atoms with Crippen molar-refractivity contribution in [1.82, 2.24) is 10.2 Å². The minimum Gasteiger partial charge on any atom is -0.481 e. The lowest BCUT2D eigenvalue weighted by Crippen LogP contribution is -2.46. The van der Waals surface area contributed by atoms with E-state index in [1.807, 2.05) is 0 Å². The molecule has 1 aromatic rings. The van der Waals surface area contributed by atoms with Crippen LogP contribution in [0.5, 0.6) is 5.75 Å². The fourth-order valence-corrected chi connectivity index (χ4v) is 3.10. The van der Waals surface area contributed by atoms with Gasteiger partial charge in [-0.05, 0) is 37.1 Å². The largest absolute Gasteiger partial charge is 0.481 e. The minimum atomic E-state index is -4.51. The molecular weight excluding hydrogens is 366 g/mol. The number of carbonyl (C=O) groups is 1. The lowest BCUT2D eigenvalue weighted by atomic mass is 10.0. The van der Waals surface area contributed by atoms with Crippen LogP contribution in [0.4, 0.5) is 17.6 Å². The minimum absolute atomic E-state index is 0.0970. The summed E-state index contributed by atoms with van der Waals surface area (Å²) in [5.41, 5.74) is 6.01. The average molecular weight is 391 g/mol. The van der Waals surface area contributed by atoms with Gasteiger partial charge in [0, 0.05) is 32.1 Å². The van der Waals surface area contributed by atoms with E-state index in [0.717, 1.165) is 25.8 Å². The molecule has 3 N–H and O–H groups in total. The van der Waals surface area contributed by atoms with Gasteiger partial charge >= 0.3 is 6.18 Å². The fraction of sp³-hybridized carbons (Fsp3) is 0.611. The van der Waals surface area contributed by atoms with Gasteiger partial charge in [0.2, 0.25) is 5.91 Å². The second-order valence-corrected chi connectivity index (χ2v) is 6.63. The molecule has 9 heteroatoms. The highest BCUT2D eigenvalue weighted by Crippen LogP contribution is 2.24. The lowest BCUT2D eigenvalue weighted by Gasteiger charge is -2.36. The van der Waals surface area contributed by atoms with Crippen molar-refractivity contribution in [2.24, 2.45) is 5.73 Å². The number of ether oxygens (including phenoxy) is 1. The predicted molar refractivity (Wildman–Crippen MR) is 92.7 cm³/mol. The first-order valence-corrected chi connectivity index (χ1v) is 8.97. The lowest BCUT2D eigenvalue weighted by molar-refractivity contribution is -0.153. The van der Waals surface area contributed by atoms with Gasteiger partial charge in [-0.1, -0.05) is 12.5 Å². The van der Waals surface area contributed by atoms with Crippen molar-refractivity contribution < 1.29 is 27.1 Å². The molecule has 1 aliphatic rings. The number of nitrogens with one attached hydrogen (secondary N) is 1. The Hall–Kier alpha value is -1.87. The van der Waals surface area contributed by atoms with E-state index in [1.165, 1.54) is 12.1 Å². The molecule has 1 fully saturated rings. The number of hydrogen-bond acceptors (Lipinski definition) is 4. The number of halogens is 4. The number of rotatable bonds is 8. The van der Waals surface area contributed by atoms with E-state index < -0.39 is 24.3 Å². The van der Waals surface area contributed by atoms with Gasteiger partial charge in [0.25, 0.3) is 0 Å². The van der Waals surface area contributed by atoms with Crippen LogP contribution in [0.3, 0.4) is 0 Å². The number of nitrogens with zero attached hydrogens (tertiary/aromatic N) is 1. The number of carbonyl (C=O) groups excluding carboxylic acids is 1. The fourth-order valence-electron chi connectivity index (χ4n) is 3.10. The van der Waals surface area contributed by atoms with Gasteiger partial charge in [-0.2, -0.15) is 13.2 Å². The monoisotopic (exact) mass is 391 g/mol. The van der Waals surface area contributed by atoms with Crippen LogP contribution in [0, 0.1) is 5.82 Å². The molecule has 1 aromatic carbocycles. The highest BCUT2D eigenvalue weighted by atomic mass is 19.4. The van der Waals surface area contributed by atoms with Gasteiger partial charge in [0.05, 0.1) is 0 Å². The topological polar surface area (TPSA) is 67.6 Å². The highest BCUT2D eigenvalue weighted by Gasteiger charge is 2.29. The molecule has 1 amide bonds. The molecule has 0 saturated carbocycles. The summed E-state index contributed by atoms with van der Waals surface area (Å²) in [6, 6.07) is 4.11. The molecule has 152 valence electrons. The molecule has 1 atom stereocenters. The third-order valence-corrected chi connectivity index (χ3v) is 4.43. The van der Waals surface area contributed by atoms with Crippen LogP contribution >= 0.6 is 0 Å². The molecule has 27 heavy (non-hydrogen) atoms. The molecular formula is C18H25F4N3O2. The van der Waals surface area contributed by atoms with Crippen molar-refractivity contribution >= 4 is 5.91 Å². The molecule has 1 aliphatic heterocycles. The van der Waals surface area contributed by atoms with Crippen LogP contribution in [-0.2, 0) is 11.3 Å². The molecule has 1 heterocycles. The maximum absolute atomic E-state index is 14.0. The number of hydrogen-bond donors (Lipinski definition) is 2. The van der Waals surface area contributed by atoms with Crippen LogP contribution in [0.25, 0.3) is 0 Å². The summed E-state index contributed by atoms with van der Waals surface area (Å²) in [6.45, 7) is 0.523. The molecule has 5 nitrogen and oxygen atoms in total. The Morgan fingerprint density at radius 2 is 2.11 bits per heavy atom. The first kappa shape index (κ1) is 21.4. The van der Waals surface area contributed by atoms with Gasteiger partial charge in [0.15, 0.2) is 18.2 Å². The van der Waals surface area contributed by atoms with Gasteiger partial charge in [-0.15, -0.1) is 0 Å².